The van der Waals surface area contributed by atoms with E-state index in [1.807, 2.05) is 6.92 Å². The van der Waals surface area contributed by atoms with Crippen LogP contribution in [0, 0.1) is 0 Å². The number of hydrogen-bond donors (Lipinski definition) is 1. The highest BCUT2D eigenvalue weighted by Crippen LogP contribution is 2.28. The van der Waals surface area contributed by atoms with Crippen LogP contribution in [0.1, 0.15) is 34.2 Å². The van der Waals surface area contributed by atoms with Gasteiger partial charge in [-0.05, 0) is 25.5 Å². The van der Waals surface area contributed by atoms with E-state index in [1.165, 1.54) is 30.8 Å². The first-order valence-corrected chi connectivity index (χ1v) is 10.3. The molecule has 0 aliphatic carbocycles. The number of rotatable bonds is 9. The summed E-state index contributed by atoms with van der Waals surface area (Å²) >= 11 is 0. The van der Waals surface area contributed by atoms with Gasteiger partial charge >= 0.3 is 0 Å². The Morgan fingerprint density at radius 1 is 1.18 bits per heavy atom. The Balaban J connectivity index is 1.53. The zero-order valence-corrected chi connectivity index (χ0v) is 18.2. The van der Waals surface area contributed by atoms with E-state index in [-0.39, 0.29) is 35.0 Å². The van der Waals surface area contributed by atoms with Crippen LogP contribution in [-0.4, -0.2) is 64.7 Å². The number of anilines is 1. The summed E-state index contributed by atoms with van der Waals surface area (Å²) in [6, 6.07) is 6.26. The van der Waals surface area contributed by atoms with Gasteiger partial charge in [0, 0.05) is 37.9 Å². The molecular formula is C22H23N5O6. The topological polar surface area (TPSA) is 129 Å². The summed E-state index contributed by atoms with van der Waals surface area (Å²) in [4.78, 5) is 35.0. The molecule has 4 rings (SSSR count). The summed E-state index contributed by atoms with van der Waals surface area (Å²) in [6.45, 7) is 3.66. The van der Waals surface area contributed by atoms with E-state index in [0.29, 0.717) is 18.1 Å². The van der Waals surface area contributed by atoms with Crippen LogP contribution in [-0.2, 0) is 4.74 Å². The van der Waals surface area contributed by atoms with Crippen LogP contribution < -0.4 is 14.8 Å². The van der Waals surface area contributed by atoms with Crippen molar-refractivity contribution in [2.24, 2.45) is 0 Å². The van der Waals surface area contributed by atoms with Crippen LogP contribution in [0.4, 0.5) is 5.82 Å². The number of likely N-dealkylation sites (tertiary alicyclic amines) is 1. The third-order valence-corrected chi connectivity index (χ3v) is 4.77. The van der Waals surface area contributed by atoms with Gasteiger partial charge in [-0.25, -0.2) is 9.97 Å². The smallest absolute Gasteiger partial charge is 0.274 e. The SMILES string of the molecule is COC[C@H](C)Oc1cc(Oc2cnc(C(=O)N3CCC3)cn2)cc(C(=O)Nc2ccon2)c1. The van der Waals surface area contributed by atoms with Gasteiger partial charge in [-0.3, -0.25) is 9.59 Å². The number of carbonyl (C=O) groups excluding carboxylic acids is 2. The molecule has 1 aliphatic heterocycles. The molecule has 0 saturated carbocycles. The minimum atomic E-state index is -0.430. The number of ether oxygens (including phenoxy) is 3. The maximum absolute atomic E-state index is 12.7. The van der Waals surface area contributed by atoms with E-state index in [4.69, 9.17) is 18.7 Å². The van der Waals surface area contributed by atoms with Crippen LogP contribution in [0.3, 0.4) is 0 Å². The minimum absolute atomic E-state index is 0.158. The number of nitrogens with one attached hydrogen (secondary N) is 1. The fourth-order valence-corrected chi connectivity index (χ4v) is 3.08. The lowest BCUT2D eigenvalue weighted by atomic mass is 10.2. The van der Waals surface area contributed by atoms with E-state index >= 15 is 0 Å². The Morgan fingerprint density at radius 2 is 2.00 bits per heavy atom. The quantitative estimate of drug-likeness (QED) is 0.520. The Hall–Kier alpha value is -3.99. The fourth-order valence-electron chi connectivity index (χ4n) is 3.08. The first-order valence-electron chi connectivity index (χ1n) is 10.3. The summed E-state index contributed by atoms with van der Waals surface area (Å²) in [6.07, 6.45) is 4.82. The fraction of sp³-hybridized carbons (Fsp3) is 0.318. The second-order valence-corrected chi connectivity index (χ2v) is 7.40. The van der Waals surface area contributed by atoms with E-state index in [9.17, 15) is 9.59 Å². The van der Waals surface area contributed by atoms with Crippen molar-refractivity contribution in [1.29, 1.82) is 0 Å². The Bertz CT molecular complexity index is 1100. The third kappa shape index (κ3) is 5.63. The summed E-state index contributed by atoms with van der Waals surface area (Å²) < 4.78 is 21.5. The van der Waals surface area contributed by atoms with E-state index < -0.39 is 5.91 Å². The molecule has 33 heavy (non-hydrogen) atoms. The largest absolute Gasteiger partial charge is 0.488 e. The van der Waals surface area contributed by atoms with Crippen LogP contribution >= 0.6 is 0 Å². The lowest BCUT2D eigenvalue weighted by molar-refractivity contribution is 0.0645. The van der Waals surface area contributed by atoms with Crippen LogP contribution in [0.25, 0.3) is 0 Å². The molecule has 2 amide bonds. The number of amides is 2. The highest BCUT2D eigenvalue weighted by atomic mass is 16.5. The molecule has 3 aromatic rings. The molecule has 0 bridgehead atoms. The zero-order chi connectivity index (χ0) is 23.2. The summed E-state index contributed by atoms with van der Waals surface area (Å²) in [5, 5.41) is 6.30. The number of nitrogens with zero attached hydrogens (tertiary/aromatic N) is 4. The van der Waals surface area contributed by atoms with Crippen LogP contribution in [0.15, 0.2) is 47.4 Å². The van der Waals surface area contributed by atoms with Gasteiger partial charge in [-0.15, -0.1) is 0 Å². The summed E-state index contributed by atoms with van der Waals surface area (Å²) in [5.74, 6) is 0.559. The zero-order valence-electron chi connectivity index (χ0n) is 18.2. The molecule has 0 radical (unpaired) electrons. The normalized spacial score (nSPS) is 13.7. The van der Waals surface area contributed by atoms with Crippen molar-refractivity contribution in [3.05, 3.63) is 54.2 Å². The lowest BCUT2D eigenvalue weighted by Crippen LogP contribution is -2.42. The van der Waals surface area contributed by atoms with Gasteiger partial charge in [0.05, 0.1) is 19.0 Å². The van der Waals surface area contributed by atoms with Crippen molar-refractivity contribution in [3.63, 3.8) is 0 Å². The maximum Gasteiger partial charge on any atom is 0.274 e. The highest BCUT2D eigenvalue weighted by Gasteiger charge is 2.23. The summed E-state index contributed by atoms with van der Waals surface area (Å²) in [5.41, 5.74) is 0.521. The first-order chi connectivity index (χ1) is 16.0. The number of hydrogen-bond acceptors (Lipinski definition) is 9. The van der Waals surface area contributed by atoms with Crippen molar-refractivity contribution in [2.45, 2.75) is 19.4 Å². The monoisotopic (exact) mass is 453 g/mol. The van der Waals surface area contributed by atoms with E-state index in [2.05, 4.69) is 20.4 Å². The average Bonchev–Trinajstić information content (AvgIpc) is 3.26. The third-order valence-electron chi connectivity index (χ3n) is 4.77. The molecule has 3 heterocycles. The summed E-state index contributed by atoms with van der Waals surface area (Å²) in [7, 11) is 1.57. The molecule has 11 heteroatoms. The Morgan fingerprint density at radius 3 is 2.64 bits per heavy atom. The highest BCUT2D eigenvalue weighted by molar-refractivity contribution is 6.04. The second-order valence-electron chi connectivity index (χ2n) is 7.40. The molecule has 11 nitrogen and oxygen atoms in total. The number of methoxy groups -OCH3 is 1. The Kier molecular flexibility index (Phi) is 6.79. The van der Waals surface area contributed by atoms with Gasteiger partial charge < -0.3 is 29.0 Å². The van der Waals surface area contributed by atoms with Crippen molar-refractivity contribution < 1.29 is 28.3 Å². The standard InChI is InChI=1S/C22H23N5O6/c1-14(13-30-2)32-16-8-15(21(28)25-19-4-7-31-26-19)9-17(10-16)33-20-12-23-18(11-24-20)22(29)27-5-3-6-27/h4,7-12,14H,3,5-6,13H2,1-2H3,(H,25,26,28)/t14-/m0/s1. The van der Waals surface area contributed by atoms with Crippen molar-refractivity contribution in [2.75, 3.05) is 32.1 Å². The van der Waals surface area contributed by atoms with Gasteiger partial charge in [0.15, 0.2) is 5.82 Å². The number of aromatic nitrogens is 3. The van der Waals surface area contributed by atoms with Crippen molar-refractivity contribution in [3.8, 4) is 17.4 Å². The molecule has 1 saturated heterocycles. The maximum atomic E-state index is 12.7. The minimum Gasteiger partial charge on any atom is -0.488 e. The van der Waals surface area contributed by atoms with Crippen LogP contribution in [0.2, 0.25) is 0 Å². The molecule has 1 N–H and O–H groups in total. The van der Waals surface area contributed by atoms with Gasteiger partial charge in [-0.2, -0.15) is 0 Å². The number of carbonyl (C=O) groups is 2. The average molecular weight is 453 g/mol. The molecule has 2 aromatic heterocycles. The molecule has 1 atom stereocenters. The molecule has 1 aliphatic rings. The number of benzene rings is 1. The second kappa shape index (κ2) is 10.1. The van der Waals surface area contributed by atoms with Gasteiger partial charge in [0.25, 0.3) is 11.8 Å². The molecular weight excluding hydrogens is 430 g/mol. The van der Waals surface area contributed by atoms with Gasteiger partial charge in [0.2, 0.25) is 5.88 Å². The predicted octanol–water partition coefficient (Wildman–Crippen LogP) is 2.77. The first kappa shape index (κ1) is 22.2. The molecule has 1 fully saturated rings. The van der Waals surface area contributed by atoms with Gasteiger partial charge in [0.1, 0.15) is 29.6 Å². The van der Waals surface area contributed by atoms with Crippen molar-refractivity contribution >= 4 is 17.6 Å². The van der Waals surface area contributed by atoms with Crippen LogP contribution in [0.5, 0.6) is 17.4 Å². The molecule has 0 spiro atoms. The molecule has 1 aromatic carbocycles. The Labute approximate surface area is 189 Å². The molecule has 0 unspecified atom stereocenters. The van der Waals surface area contributed by atoms with Crippen molar-refractivity contribution in [1.82, 2.24) is 20.0 Å². The van der Waals surface area contributed by atoms with Gasteiger partial charge in [-0.1, -0.05) is 5.16 Å². The lowest BCUT2D eigenvalue weighted by Gasteiger charge is -2.30. The van der Waals surface area contributed by atoms with E-state index in [0.717, 1.165) is 19.5 Å². The molecule has 172 valence electrons. The predicted molar refractivity (Wildman–Crippen MR) is 115 cm³/mol. The van der Waals surface area contributed by atoms with E-state index in [1.54, 1.807) is 24.1 Å².